The molecule has 1 spiro atoms. The lowest BCUT2D eigenvalue weighted by Gasteiger charge is -2.36. The highest BCUT2D eigenvalue weighted by Crippen LogP contribution is 2.43. The van der Waals surface area contributed by atoms with Crippen LogP contribution in [-0.4, -0.2) is 73.7 Å². The first-order chi connectivity index (χ1) is 13.1. The van der Waals surface area contributed by atoms with Gasteiger partial charge in [0.05, 0.1) is 18.6 Å². The summed E-state index contributed by atoms with van der Waals surface area (Å²) in [6.07, 6.45) is 2.14. The monoisotopic (exact) mass is 372 g/mol. The van der Waals surface area contributed by atoms with E-state index in [0.29, 0.717) is 25.9 Å². The van der Waals surface area contributed by atoms with Crippen LogP contribution in [0.25, 0.3) is 0 Å². The second-order valence-electron chi connectivity index (χ2n) is 8.08. The van der Waals surface area contributed by atoms with E-state index in [2.05, 4.69) is 4.90 Å². The molecule has 146 valence electrons. The molecule has 1 amide bonds. The van der Waals surface area contributed by atoms with Gasteiger partial charge >= 0.3 is 5.97 Å². The van der Waals surface area contributed by atoms with Crippen molar-refractivity contribution < 1.29 is 19.1 Å². The van der Waals surface area contributed by atoms with Gasteiger partial charge in [-0.15, -0.1) is 0 Å². The van der Waals surface area contributed by atoms with Crippen molar-refractivity contribution in [3.63, 3.8) is 0 Å². The maximum Gasteiger partial charge on any atom is 0.312 e. The van der Waals surface area contributed by atoms with E-state index in [9.17, 15) is 9.59 Å². The number of aryl methyl sites for hydroxylation is 1. The van der Waals surface area contributed by atoms with Gasteiger partial charge in [0.25, 0.3) is 5.91 Å². The number of amides is 1. The van der Waals surface area contributed by atoms with Crippen molar-refractivity contribution in [2.24, 2.45) is 5.41 Å². The van der Waals surface area contributed by atoms with E-state index in [0.717, 1.165) is 50.4 Å². The molecule has 1 unspecified atom stereocenters. The van der Waals surface area contributed by atoms with Gasteiger partial charge in [-0.1, -0.05) is 17.7 Å². The second-order valence-corrected chi connectivity index (χ2v) is 8.08. The highest BCUT2D eigenvalue weighted by Gasteiger charge is 2.51. The molecule has 3 saturated heterocycles. The molecule has 0 N–H and O–H groups in total. The van der Waals surface area contributed by atoms with Crippen LogP contribution in [0.4, 0.5) is 0 Å². The Morgan fingerprint density at radius 2 is 1.78 bits per heavy atom. The maximum absolute atomic E-state index is 12.7. The molecule has 0 aromatic heterocycles. The summed E-state index contributed by atoms with van der Waals surface area (Å²) in [5, 5.41) is 0. The van der Waals surface area contributed by atoms with Crippen LogP contribution in [-0.2, 0) is 14.3 Å². The van der Waals surface area contributed by atoms with Crippen molar-refractivity contribution in [1.29, 1.82) is 0 Å². The Kier molecular flexibility index (Phi) is 5.19. The van der Waals surface area contributed by atoms with Crippen LogP contribution in [0.15, 0.2) is 24.3 Å². The average molecular weight is 372 g/mol. The second kappa shape index (κ2) is 7.60. The Labute approximate surface area is 160 Å². The van der Waals surface area contributed by atoms with Crippen LogP contribution in [0.1, 0.15) is 35.2 Å². The molecule has 0 aliphatic carbocycles. The molecule has 0 saturated carbocycles. The normalized spacial score (nSPS) is 25.6. The van der Waals surface area contributed by atoms with E-state index in [1.807, 2.05) is 36.1 Å². The van der Waals surface area contributed by atoms with E-state index >= 15 is 0 Å². The Hall–Kier alpha value is -1.92. The Morgan fingerprint density at radius 1 is 1.11 bits per heavy atom. The van der Waals surface area contributed by atoms with Gasteiger partial charge in [-0.3, -0.25) is 14.5 Å². The van der Waals surface area contributed by atoms with Crippen molar-refractivity contribution >= 4 is 11.9 Å². The molecule has 1 atom stereocenters. The summed E-state index contributed by atoms with van der Waals surface area (Å²) in [7, 11) is 0. The van der Waals surface area contributed by atoms with Gasteiger partial charge in [0.15, 0.2) is 0 Å². The molecule has 27 heavy (non-hydrogen) atoms. The summed E-state index contributed by atoms with van der Waals surface area (Å²) in [5.74, 6) is -0.00993. The summed E-state index contributed by atoms with van der Waals surface area (Å²) >= 11 is 0. The van der Waals surface area contributed by atoms with Gasteiger partial charge < -0.3 is 14.4 Å². The third kappa shape index (κ3) is 3.87. The molecule has 3 fully saturated rings. The molecular formula is C21H28N2O4. The zero-order valence-corrected chi connectivity index (χ0v) is 16.0. The number of hydrogen-bond donors (Lipinski definition) is 0. The number of carbonyl (C=O) groups excluding carboxylic acids is 2. The van der Waals surface area contributed by atoms with Gasteiger partial charge in [0.1, 0.15) is 6.10 Å². The SMILES string of the molecule is Cc1ccc(C(=O)N2CCC3(CC2)CC(CN2CCOCC2)OC3=O)cc1. The molecular weight excluding hydrogens is 344 g/mol. The molecule has 6 heteroatoms. The summed E-state index contributed by atoms with van der Waals surface area (Å²) in [6.45, 7) is 7.35. The smallest absolute Gasteiger partial charge is 0.312 e. The average Bonchev–Trinajstić information content (AvgIpc) is 2.98. The number of carbonyl (C=O) groups is 2. The number of hydrogen-bond acceptors (Lipinski definition) is 5. The zero-order chi connectivity index (χ0) is 18.9. The standard InChI is InChI=1S/C21H28N2O4/c1-16-2-4-17(5-3-16)19(24)23-8-6-21(7-9-23)14-18(27-20(21)25)15-22-10-12-26-13-11-22/h2-5,18H,6-15H2,1H3. The fourth-order valence-corrected chi connectivity index (χ4v) is 4.44. The third-order valence-electron chi connectivity index (χ3n) is 6.20. The fourth-order valence-electron chi connectivity index (χ4n) is 4.44. The number of benzene rings is 1. The van der Waals surface area contributed by atoms with E-state index < -0.39 is 5.41 Å². The lowest BCUT2D eigenvalue weighted by molar-refractivity contribution is -0.151. The van der Waals surface area contributed by atoms with E-state index in [-0.39, 0.29) is 18.0 Å². The van der Waals surface area contributed by atoms with Crippen molar-refractivity contribution in [3.05, 3.63) is 35.4 Å². The van der Waals surface area contributed by atoms with Gasteiger partial charge in [-0.25, -0.2) is 0 Å². The summed E-state index contributed by atoms with van der Waals surface area (Å²) < 4.78 is 11.1. The number of nitrogens with zero attached hydrogens (tertiary/aromatic N) is 2. The van der Waals surface area contributed by atoms with Crippen LogP contribution < -0.4 is 0 Å². The number of rotatable bonds is 3. The molecule has 1 aromatic rings. The number of morpholine rings is 1. The molecule has 4 rings (SSSR count). The third-order valence-corrected chi connectivity index (χ3v) is 6.20. The van der Waals surface area contributed by atoms with Gasteiger partial charge in [-0.05, 0) is 31.9 Å². The largest absolute Gasteiger partial charge is 0.461 e. The van der Waals surface area contributed by atoms with E-state index in [4.69, 9.17) is 9.47 Å². The first-order valence-corrected chi connectivity index (χ1v) is 9.93. The maximum atomic E-state index is 12.7. The highest BCUT2D eigenvalue weighted by molar-refractivity contribution is 5.94. The number of esters is 1. The molecule has 6 nitrogen and oxygen atoms in total. The lowest BCUT2D eigenvalue weighted by Crippen LogP contribution is -2.45. The summed E-state index contributed by atoms with van der Waals surface area (Å²) in [5.41, 5.74) is 1.46. The molecule has 3 aliphatic heterocycles. The minimum Gasteiger partial charge on any atom is -0.461 e. The molecule has 3 heterocycles. The van der Waals surface area contributed by atoms with Gasteiger partial charge in [-0.2, -0.15) is 0 Å². The first-order valence-electron chi connectivity index (χ1n) is 9.93. The highest BCUT2D eigenvalue weighted by atomic mass is 16.6. The zero-order valence-electron chi connectivity index (χ0n) is 16.0. The van der Waals surface area contributed by atoms with E-state index in [1.54, 1.807) is 0 Å². The molecule has 0 radical (unpaired) electrons. The molecule has 1 aromatic carbocycles. The minimum absolute atomic E-state index is 0.0325. The summed E-state index contributed by atoms with van der Waals surface area (Å²) in [6, 6.07) is 7.68. The number of likely N-dealkylation sites (tertiary alicyclic amines) is 1. The predicted octanol–water partition coefficient (Wildman–Crippen LogP) is 1.87. The van der Waals surface area contributed by atoms with Crippen molar-refractivity contribution in [3.8, 4) is 0 Å². The number of ether oxygens (including phenoxy) is 2. The topological polar surface area (TPSA) is 59.1 Å². The minimum atomic E-state index is -0.402. The van der Waals surface area contributed by atoms with Crippen LogP contribution in [0.2, 0.25) is 0 Å². The van der Waals surface area contributed by atoms with Crippen molar-refractivity contribution in [1.82, 2.24) is 9.80 Å². The number of cyclic esters (lactones) is 1. The van der Waals surface area contributed by atoms with Gasteiger partial charge in [0, 0.05) is 44.7 Å². The lowest BCUT2D eigenvalue weighted by atomic mass is 9.76. The fraction of sp³-hybridized carbons (Fsp3) is 0.619. The Balaban J connectivity index is 1.34. The van der Waals surface area contributed by atoms with E-state index in [1.165, 1.54) is 0 Å². The predicted molar refractivity (Wildman–Crippen MR) is 101 cm³/mol. The quantitative estimate of drug-likeness (QED) is 0.758. The molecule has 3 aliphatic rings. The van der Waals surface area contributed by atoms with Gasteiger partial charge in [0.2, 0.25) is 0 Å². The van der Waals surface area contributed by atoms with Crippen LogP contribution >= 0.6 is 0 Å². The van der Waals surface area contributed by atoms with Crippen molar-refractivity contribution in [2.75, 3.05) is 45.9 Å². The van der Waals surface area contributed by atoms with Crippen LogP contribution in [0.3, 0.4) is 0 Å². The number of piperidine rings is 1. The van der Waals surface area contributed by atoms with Crippen molar-refractivity contribution in [2.45, 2.75) is 32.3 Å². The molecule has 0 bridgehead atoms. The Bertz CT molecular complexity index is 689. The summed E-state index contributed by atoms with van der Waals surface area (Å²) in [4.78, 5) is 29.5. The Morgan fingerprint density at radius 3 is 2.44 bits per heavy atom. The van der Waals surface area contributed by atoms with Crippen LogP contribution in [0.5, 0.6) is 0 Å². The first kappa shape index (κ1) is 18.4. The van der Waals surface area contributed by atoms with Crippen LogP contribution in [0, 0.1) is 12.3 Å².